The summed E-state index contributed by atoms with van der Waals surface area (Å²) in [5, 5.41) is 0. The lowest BCUT2D eigenvalue weighted by atomic mass is 10.1. The predicted molar refractivity (Wildman–Crippen MR) is 73.8 cm³/mol. The first-order valence-corrected chi connectivity index (χ1v) is 6.19. The minimum Gasteiger partial charge on any atom is -0.493 e. The maximum atomic E-state index is 12.1. The van der Waals surface area contributed by atoms with Crippen LogP contribution in [0.3, 0.4) is 0 Å². The van der Waals surface area contributed by atoms with Gasteiger partial charge in [-0.2, -0.15) is 0 Å². The van der Waals surface area contributed by atoms with Gasteiger partial charge < -0.3 is 9.47 Å². The summed E-state index contributed by atoms with van der Waals surface area (Å²) < 4.78 is 10.7. The summed E-state index contributed by atoms with van der Waals surface area (Å²) in [4.78, 5) is 12.1. The molecule has 0 radical (unpaired) electrons. The third-order valence-corrected chi connectivity index (χ3v) is 2.87. The third-order valence-electron chi connectivity index (χ3n) is 2.87. The highest BCUT2D eigenvalue weighted by Crippen LogP contribution is 2.32. The average Bonchev–Trinajstić information content (AvgIpc) is 2.48. The van der Waals surface area contributed by atoms with Crippen LogP contribution in [0.15, 0.2) is 48.5 Å². The Kier molecular flexibility index (Phi) is 4.18. The van der Waals surface area contributed by atoms with Gasteiger partial charge in [-0.25, -0.2) is 4.79 Å². The van der Waals surface area contributed by atoms with Crippen LogP contribution in [0.4, 0.5) is 0 Å². The van der Waals surface area contributed by atoms with Crippen molar-refractivity contribution in [3.63, 3.8) is 0 Å². The molecule has 3 heteroatoms. The van der Waals surface area contributed by atoms with Crippen molar-refractivity contribution >= 4 is 5.97 Å². The minimum atomic E-state index is -0.375. The Balaban J connectivity index is 2.30. The first kappa shape index (κ1) is 13.1. The van der Waals surface area contributed by atoms with Gasteiger partial charge in [-0.1, -0.05) is 37.3 Å². The van der Waals surface area contributed by atoms with Gasteiger partial charge in [0.1, 0.15) is 0 Å². The smallest absolute Gasteiger partial charge is 0.343 e. The summed E-state index contributed by atoms with van der Waals surface area (Å²) in [5.74, 6) is 0.699. The van der Waals surface area contributed by atoms with Crippen LogP contribution in [0, 0.1) is 0 Å². The van der Waals surface area contributed by atoms with Crippen molar-refractivity contribution in [2.24, 2.45) is 0 Å². The second-order valence-electron chi connectivity index (χ2n) is 4.06. The number of carbonyl (C=O) groups excluding carboxylic acids is 1. The number of aryl methyl sites for hydroxylation is 1. The maximum absolute atomic E-state index is 12.1. The number of hydrogen-bond donors (Lipinski definition) is 0. The molecule has 2 aromatic carbocycles. The molecular weight excluding hydrogens is 240 g/mol. The fraction of sp³-hybridized carbons (Fsp3) is 0.188. The number of rotatable bonds is 4. The molecule has 2 aromatic rings. The first-order chi connectivity index (χ1) is 9.26. The molecule has 0 fully saturated rings. The lowest BCUT2D eigenvalue weighted by Gasteiger charge is -2.12. The van der Waals surface area contributed by atoms with Gasteiger partial charge in [0.05, 0.1) is 12.7 Å². The van der Waals surface area contributed by atoms with Crippen molar-refractivity contribution in [2.75, 3.05) is 7.11 Å². The molecule has 0 bridgehead atoms. The summed E-state index contributed by atoms with van der Waals surface area (Å²) in [5.41, 5.74) is 1.47. The van der Waals surface area contributed by atoms with Crippen LogP contribution in [-0.2, 0) is 6.42 Å². The molecule has 19 heavy (non-hydrogen) atoms. The second kappa shape index (κ2) is 6.05. The summed E-state index contributed by atoms with van der Waals surface area (Å²) in [6.45, 7) is 2.01. The molecule has 0 aliphatic rings. The van der Waals surface area contributed by atoms with Gasteiger partial charge in [-0.3, -0.25) is 0 Å². The number of benzene rings is 2. The maximum Gasteiger partial charge on any atom is 0.343 e. The molecule has 0 saturated carbocycles. The standard InChI is InChI=1S/C16H16O3/c1-3-12-10-7-11-14(18-2)15(12)19-16(17)13-8-5-4-6-9-13/h4-11H,3H2,1-2H3. The van der Waals surface area contributed by atoms with Crippen LogP contribution in [0.2, 0.25) is 0 Å². The number of ether oxygens (including phenoxy) is 2. The molecule has 0 unspecified atom stereocenters. The van der Waals surface area contributed by atoms with E-state index in [4.69, 9.17) is 9.47 Å². The number of carbonyl (C=O) groups is 1. The molecule has 0 heterocycles. The van der Waals surface area contributed by atoms with Crippen LogP contribution >= 0.6 is 0 Å². The molecule has 3 nitrogen and oxygen atoms in total. The lowest BCUT2D eigenvalue weighted by Crippen LogP contribution is -2.10. The lowest BCUT2D eigenvalue weighted by molar-refractivity contribution is 0.0728. The summed E-state index contributed by atoms with van der Waals surface area (Å²) in [6, 6.07) is 14.5. The van der Waals surface area contributed by atoms with E-state index in [-0.39, 0.29) is 5.97 Å². The van der Waals surface area contributed by atoms with E-state index in [1.165, 1.54) is 0 Å². The minimum absolute atomic E-state index is 0.375. The molecule has 0 N–H and O–H groups in total. The normalized spacial score (nSPS) is 10.0. The van der Waals surface area contributed by atoms with Gasteiger partial charge in [-0.15, -0.1) is 0 Å². The zero-order valence-electron chi connectivity index (χ0n) is 11.1. The van der Waals surface area contributed by atoms with E-state index in [2.05, 4.69) is 0 Å². The fourth-order valence-electron chi connectivity index (χ4n) is 1.84. The molecule has 0 aromatic heterocycles. The molecule has 0 aliphatic heterocycles. The predicted octanol–water partition coefficient (Wildman–Crippen LogP) is 3.48. The second-order valence-corrected chi connectivity index (χ2v) is 4.06. The molecule has 0 amide bonds. The van der Waals surface area contributed by atoms with Crippen molar-refractivity contribution in [1.82, 2.24) is 0 Å². The first-order valence-electron chi connectivity index (χ1n) is 6.19. The van der Waals surface area contributed by atoms with Crippen LogP contribution < -0.4 is 9.47 Å². The van der Waals surface area contributed by atoms with Gasteiger partial charge in [0, 0.05) is 0 Å². The van der Waals surface area contributed by atoms with Gasteiger partial charge >= 0.3 is 5.97 Å². The van der Waals surface area contributed by atoms with Gasteiger partial charge in [-0.05, 0) is 30.2 Å². The Hall–Kier alpha value is -2.29. The van der Waals surface area contributed by atoms with E-state index in [1.54, 1.807) is 37.4 Å². The number of esters is 1. The summed E-state index contributed by atoms with van der Waals surface area (Å²) >= 11 is 0. The zero-order chi connectivity index (χ0) is 13.7. The van der Waals surface area contributed by atoms with E-state index in [9.17, 15) is 4.79 Å². The Morgan fingerprint density at radius 1 is 1.05 bits per heavy atom. The van der Waals surface area contributed by atoms with Crippen molar-refractivity contribution in [2.45, 2.75) is 13.3 Å². The summed E-state index contributed by atoms with van der Waals surface area (Å²) in [6.07, 6.45) is 0.772. The topological polar surface area (TPSA) is 35.5 Å². The Labute approximate surface area is 112 Å². The number of methoxy groups -OCH3 is 1. The van der Waals surface area contributed by atoms with Crippen molar-refractivity contribution in [3.8, 4) is 11.5 Å². The van der Waals surface area contributed by atoms with Gasteiger partial charge in [0.2, 0.25) is 0 Å². The molecule has 0 saturated heterocycles. The largest absolute Gasteiger partial charge is 0.493 e. The van der Waals surface area contributed by atoms with Crippen molar-refractivity contribution < 1.29 is 14.3 Å². The number of hydrogen-bond acceptors (Lipinski definition) is 3. The van der Waals surface area contributed by atoms with E-state index in [1.807, 2.05) is 25.1 Å². The van der Waals surface area contributed by atoms with Crippen LogP contribution in [-0.4, -0.2) is 13.1 Å². The van der Waals surface area contributed by atoms with E-state index >= 15 is 0 Å². The monoisotopic (exact) mass is 256 g/mol. The highest BCUT2D eigenvalue weighted by atomic mass is 16.6. The quantitative estimate of drug-likeness (QED) is 0.620. The average molecular weight is 256 g/mol. The summed E-state index contributed by atoms with van der Waals surface area (Å²) in [7, 11) is 1.56. The molecule has 0 atom stereocenters. The Morgan fingerprint density at radius 3 is 2.42 bits per heavy atom. The van der Waals surface area contributed by atoms with E-state index < -0.39 is 0 Å². The molecule has 0 spiro atoms. The number of para-hydroxylation sites is 1. The molecular formula is C16H16O3. The third kappa shape index (κ3) is 2.94. The molecule has 0 aliphatic carbocycles. The van der Waals surface area contributed by atoms with Gasteiger partial charge in [0.15, 0.2) is 11.5 Å². The Morgan fingerprint density at radius 2 is 1.79 bits per heavy atom. The van der Waals surface area contributed by atoms with E-state index in [0.29, 0.717) is 17.1 Å². The SMILES string of the molecule is CCc1cccc(OC)c1OC(=O)c1ccccc1. The van der Waals surface area contributed by atoms with Crippen LogP contribution in [0.5, 0.6) is 11.5 Å². The zero-order valence-corrected chi connectivity index (χ0v) is 11.1. The molecule has 2 rings (SSSR count). The highest BCUT2D eigenvalue weighted by Gasteiger charge is 2.15. The van der Waals surface area contributed by atoms with Crippen molar-refractivity contribution in [1.29, 1.82) is 0 Å². The highest BCUT2D eigenvalue weighted by molar-refractivity contribution is 5.91. The fourth-order valence-corrected chi connectivity index (χ4v) is 1.84. The Bertz CT molecular complexity index is 539. The van der Waals surface area contributed by atoms with E-state index in [0.717, 1.165) is 12.0 Å². The van der Waals surface area contributed by atoms with Crippen LogP contribution in [0.25, 0.3) is 0 Å². The van der Waals surface area contributed by atoms with Gasteiger partial charge in [0.25, 0.3) is 0 Å². The van der Waals surface area contributed by atoms with Crippen LogP contribution in [0.1, 0.15) is 22.8 Å². The van der Waals surface area contributed by atoms with Crippen molar-refractivity contribution in [3.05, 3.63) is 59.7 Å². The molecule has 98 valence electrons.